The third-order valence-electron chi connectivity index (χ3n) is 5.48. The van der Waals surface area contributed by atoms with E-state index in [-0.39, 0.29) is 11.8 Å². The summed E-state index contributed by atoms with van der Waals surface area (Å²) < 4.78 is 8.08. The number of ether oxygens (including phenoxy) is 1. The van der Waals surface area contributed by atoms with Crippen LogP contribution in [-0.4, -0.2) is 36.6 Å². The van der Waals surface area contributed by atoms with Gasteiger partial charge < -0.3 is 4.74 Å². The van der Waals surface area contributed by atoms with E-state index in [0.717, 1.165) is 5.69 Å². The maximum absolute atomic E-state index is 13.1. The molecule has 8 nitrogen and oxygen atoms in total. The Bertz CT molecular complexity index is 1420. The summed E-state index contributed by atoms with van der Waals surface area (Å²) in [6, 6.07) is 17.0. The number of benzene rings is 2. The fourth-order valence-corrected chi connectivity index (χ4v) is 4.85. The molecule has 1 aliphatic rings. The Morgan fingerprint density at radius 3 is 2.66 bits per heavy atom. The minimum absolute atomic E-state index is 0.229. The van der Waals surface area contributed by atoms with Crippen molar-refractivity contribution in [2.24, 2.45) is 0 Å². The van der Waals surface area contributed by atoms with Crippen LogP contribution in [0.5, 0.6) is 5.88 Å². The smallest absolute Gasteiger partial charge is 0.247 e. The van der Waals surface area contributed by atoms with Crippen molar-refractivity contribution >= 4 is 35.0 Å². The number of amides is 1. The summed E-state index contributed by atoms with van der Waals surface area (Å²) in [5.41, 5.74) is 3.73. The molecule has 1 aliphatic heterocycles. The number of aryl methyl sites for hydroxylation is 1. The fourth-order valence-electron chi connectivity index (χ4n) is 3.97. The molecule has 2 aromatic carbocycles. The number of carbonyl (C=O) groups is 1. The van der Waals surface area contributed by atoms with Crippen LogP contribution in [0.4, 0.5) is 5.69 Å². The summed E-state index contributed by atoms with van der Waals surface area (Å²) in [4.78, 5) is 19.2. The molecule has 1 unspecified atom stereocenters. The second-order valence-electron chi connectivity index (χ2n) is 7.76. The second kappa shape index (κ2) is 9.52. The summed E-state index contributed by atoms with van der Waals surface area (Å²) in [5, 5.41) is 14.1. The summed E-state index contributed by atoms with van der Waals surface area (Å²) in [6.45, 7) is 7.06. The molecule has 3 heterocycles. The molecule has 0 spiro atoms. The van der Waals surface area contributed by atoms with Crippen molar-refractivity contribution in [3.05, 3.63) is 83.7 Å². The molecular weight excluding hydrogens is 484 g/mol. The first-order valence-electron chi connectivity index (χ1n) is 10.8. The van der Waals surface area contributed by atoms with Crippen LogP contribution in [0.1, 0.15) is 24.4 Å². The van der Waals surface area contributed by atoms with Gasteiger partial charge in [0.1, 0.15) is 5.15 Å². The first-order valence-corrected chi connectivity index (χ1v) is 12.2. The Morgan fingerprint density at radius 2 is 1.91 bits per heavy atom. The molecule has 176 valence electrons. The molecule has 0 aliphatic carbocycles. The van der Waals surface area contributed by atoms with E-state index >= 15 is 0 Å². The van der Waals surface area contributed by atoms with Gasteiger partial charge in [-0.15, -0.1) is 16.8 Å². The number of nitrogens with zero attached hydrogens (tertiary/aromatic N) is 6. The molecule has 0 N–H and O–H groups in total. The van der Waals surface area contributed by atoms with Crippen LogP contribution in [0.3, 0.4) is 0 Å². The lowest BCUT2D eigenvalue weighted by Gasteiger charge is -2.29. The van der Waals surface area contributed by atoms with E-state index in [4.69, 9.17) is 16.3 Å². The number of hydrogen-bond donors (Lipinski definition) is 0. The van der Waals surface area contributed by atoms with Gasteiger partial charge in [-0.05, 0) is 25.1 Å². The van der Waals surface area contributed by atoms with Crippen LogP contribution in [0.2, 0.25) is 5.15 Å². The Hall–Kier alpha value is -3.69. The highest BCUT2D eigenvalue weighted by atomic mass is 35.5. The Morgan fingerprint density at radius 1 is 1.17 bits per heavy atom. The molecule has 0 bridgehead atoms. The van der Waals surface area contributed by atoms with Gasteiger partial charge in [0.15, 0.2) is 5.69 Å². The number of rotatable bonds is 5. The highest BCUT2D eigenvalue weighted by molar-refractivity contribution is 7.99. The maximum atomic E-state index is 13.1. The zero-order chi connectivity index (χ0) is 24.5. The number of fused-ring (bicyclic) bond motifs is 3. The van der Waals surface area contributed by atoms with Crippen LogP contribution in [0.15, 0.2) is 72.4 Å². The lowest BCUT2D eigenvalue weighted by atomic mass is 10.1. The lowest BCUT2D eigenvalue weighted by Crippen LogP contribution is -2.36. The van der Waals surface area contributed by atoms with Crippen LogP contribution in [-0.2, 0) is 4.79 Å². The SMILES string of the molecule is C=CCSc1nnc2c(n1)OC(c1c(C)nn(-c3ccccc3)c1Cl)N(C(C)=O)c1ccccc1-2. The quantitative estimate of drug-likeness (QED) is 0.265. The third-order valence-corrected chi connectivity index (χ3v) is 6.67. The largest absolute Gasteiger partial charge is 0.447 e. The number of para-hydroxylation sites is 2. The number of carbonyl (C=O) groups excluding carboxylic acids is 1. The number of hydrogen-bond acceptors (Lipinski definition) is 7. The van der Waals surface area contributed by atoms with Gasteiger partial charge in [0, 0.05) is 18.2 Å². The molecule has 0 saturated heterocycles. The Labute approximate surface area is 211 Å². The van der Waals surface area contributed by atoms with Crippen LogP contribution in [0, 0.1) is 6.92 Å². The molecule has 0 radical (unpaired) electrons. The van der Waals surface area contributed by atoms with Crippen molar-refractivity contribution in [2.45, 2.75) is 25.2 Å². The standard InChI is InChI=1S/C25H21ClN6O2S/c1-4-14-35-25-27-23-21(28-29-25)18-12-8-9-13-19(18)31(16(3)33)24(34-23)20-15(2)30-32(22(20)26)17-10-6-5-7-11-17/h4-13,24H,1,14H2,2-3H3. The summed E-state index contributed by atoms with van der Waals surface area (Å²) >= 11 is 8.28. The monoisotopic (exact) mass is 504 g/mol. The maximum Gasteiger partial charge on any atom is 0.247 e. The minimum Gasteiger partial charge on any atom is -0.447 e. The van der Waals surface area contributed by atoms with E-state index in [1.807, 2.05) is 61.5 Å². The predicted molar refractivity (Wildman–Crippen MR) is 136 cm³/mol. The average Bonchev–Trinajstić information content (AvgIpc) is 3.08. The van der Waals surface area contributed by atoms with Gasteiger partial charge >= 0.3 is 0 Å². The molecule has 10 heteroatoms. The number of thioether (sulfide) groups is 1. The van der Waals surface area contributed by atoms with Crippen molar-refractivity contribution < 1.29 is 9.53 Å². The predicted octanol–water partition coefficient (Wildman–Crippen LogP) is 5.41. The van der Waals surface area contributed by atoms with Gasteiger partial charge in [-0.3, -0.25) is 9.69 Å². The van der Waals surface area contributed by atoms with Crippen LogP contribution < -0.4 is 9.64 Å². The van der Waals surface area contributed by atoms with Gasteiger partial charge in [-0.1, -0.05) is 65.8 Å². The van der Waals surface area contributed by atoms with Gasteiger partial charge in [0.05, 0.1) is 22.6 Å². The van der Waals surface area contributed by atoms with Crippen LogP contribution >= 0.6 is 23.4 Å². The normalized spacial score (nSPS) is 14.5. The zero-order valence-corrected chi connectivity index (χ0v) is 20.6. The van der Waals surface area contributed by atoms with E-state index in [9.17, 15) is 4.79 Å². The topological polar surface area (TPSA) is 86.0 Å². The summed E-state index contributed by atoms with van der Waals surface area (Å²) in [5.74, 6) is 0.651. The van der Waals surface area contributed by atoms with Gasteiger partial charge in [0.2, 0.25) is 23.2 Å². The van der Waals surface area contributed by atoms with E-state index < -0.39 is 6.23 Å². The van der Waals surface area contributed by atoms with Crippen molar-refractivity contribution in [3.63, 3.8) is 0 Å². The minimum atomic E-state index is -0.922. The van der Waals surface area contributed by atoms with Crippen molar-refractivity contribution in [2.75, 3.05) is 10.7 Å². The van der Waals surface area contributed by atoms with Gasteiger partial charge in [0.25, 0.3) is 0 Å². The van der Waals surface area contributed by atoms with Crippen molar-refractivity contribution in [1.82, 2.24) is 25.0 Å². The summed E-state index contributed by atoms with van der Waals surface area (Å²) in [6.07, 6.45) is 0.839. The average molecular weight is 505 g/mol. The number of halogens is 1. The molecule has 1 amide bonds. The van der Waals surface area contributed by atoms with Crippen molar-refractivity contribution in [3.8, 4) is 22.8 Å². The molecule has 0 fully saturated rings. The molecular formula is C25H21ClN6O2S. The highest BCUT2D eigenvalue weighted by Crippen LogP contribution is 2.45. The van der Waals surface area contributed by atoms with E-state index in [0.29, 0.717) is 44.3 Å². The van der Waals surface area contributed by atoms with Crippen LogP contribution in [0.25, 0.3) is 16.9 Å². The van der Waals surface area contributed by atoms with E-state index in [1.54, 1.807) is 15.7 Å². The fraction of sp³-hybridized carbons (Fsp3) is 0.160. The van der Waals surface area contributed by atoms with E-state index in [1.165, 1.54) is 18.7 Å². The first kappa shape index (κ1) is 23.1. The molecule has 1 atom stereocenters. The number of anilines is 1. The van der Waals surface area contributed by atoms with Gasteiger partial charge in [-0.2, -0.15) is 10.1 Å². The first-order chi connectivity index (χ1) is 17.0. The second-order valence-corrected chi connectivity index (χ2v) is 9.11. The molecule has 5 rings (SSSR count). The lowest BCUT2D eigenvalue weighted by molar-refractivity contribution is -0.118. The summed E-state index contributed by atoms with van der Waals surface area (Å²) in [7, 11) is 0. The third kappa shape index (κ3) is 4.17. The molecule has 4 aromatic rings. The molecule has 2 aromatic heterocycles. The molecule has 0 saturated carbocycles. The zero-order valence-electron chi connectivity index (χ0n) is 19.1. The van der Waals surface area contributed by atoms with E-state index in [2.05, 4.69) is 26.9 Å². The molecule has 35 heavy (non-hydrogen) atoms. The Balaban J connectivity index is 1.72. The van der Waals surface area contributed by atoms with Gasteiger partial charge in [-0.25, -0.2) is 4.68 Å². The Kier molecular flexibility index (Phi) is 6.27. The number of aromatic nitrogens is 5. The highest BCUT2D eigenvalue weighted by Gasteiger charge is 2.38. The van der Waals surface area contributed by atoms with Crippen molar-refractivity contribution in [1.29, 1.82) is 0 Å².